The molecule has 17 heteroatoms. The van der Waals surface area contributed by atoms with E-state index in [9.17, 15) is 18.7 Å². The van der Waals surface area contributed by atoms with Gasteiger partial charge in [-0.15, -0.1) is 11.3 Å². The van der Waals surface area contributed by atoms with Crippen LogP contribution in [-0.2, 0) is 41.5 Å². The van der Waals surface area contributed by atoms with Crippen LogP contribution < -0.4 is 10.7 Å². The number of aromatic nitrogens is 3. The quantitative estimate of drug-likeness (QED) is 0.0874. The van der Waals surface area contributed by atoms with Crippen molar-refractivity contribution >= 4 is 34.1 Å². The third-order valence-corrected chi connectivity index (χ3v) is 16.0. The van der Waals surface area contributed by atoms with Gasteiger partial charge in [0.05, 0.1) is 60.7 Å². The van der Waals surface area contributed by atoms with Crippen molar-refractivity contribution in [3.05, 3.63) is 118 Å². The number of aliphatic hydroxyl groups excluding tert-OH is 1. The number of ether oxygens (including phenoxy) is 4. The summed E-state index contributed by atoms with van der Waals surface area (Å²) in [6.45, 7) is 19.1. The molecule has 5 fully saturated rings. The zero-order chi connectivity index (χ0) is 51.3. The van der Waals surface area contributed by atoms with Crippen molar-refractivity contribution in [2.24, 2.45) is 17.3 Å². The number of pyridine rings is 1. The third kappa shape index (κ3) is 10.1. The number of aryl methyl sites for hydroxylation is 1. The van der Waals surface area contributed by atoms with Crippen LogP contribution in [0, 0.1) is 29.1 Å². The molecule has 7 heterocycles. The summed E-state index contributed by atoms with van der Waals surface area (Å²) in [4.78, 5) is 41.7. The van der Waals surface area contributed by atoms with Crippen molar-refractivity contribution in [2.45, 2.75) is 102 Å². The number of hydrogen-bond acceptors (Lipinski definition) is 12. The maximum atomic E-state index is 15.1. The molecule has 5 aromatic rings. The first-order valence-electron chi connectivity index (χ1n) is 25.1. The maximum Gasteiger partial charge on any atom is 0.262 e. The first-order valence-corrected chi connectivity index (χ1v) is 26.0. The predicted molar refractivity (Wildman–Crippen MR) is 274 cm³/mol. The number of benzene rings is 2. The van der Waals surface area contributed by atoms with E-state index in [-0.39, 0.29) is 35.6 Å². The molecule has 0 radical (unpaired) electrons. The number of fused-ring (bicyclic) bond motifs is 4. The SMILES string of the molecule is C=C1[C@@H](C(=O)N[C@@H]2C(=O)N3N[C@@H](C4CC3C4)C(O)OCC(C)(C)Cc3c(-c4cc(C#CC(=C)N5CCOCC5)cnc4[C@H](C)OC)n(CC)c4ccc(cc34)-c3csc(n3)[C@H]2OCC(F)F)[C@@H]1c1ccccc1. The Morgan fingerprint density at radius 3 is 2.63 bits per heavy atom. The van der Waals surface area contributed by atoms with E-state index in [0.717, 1.165) is 57.6 Å². The van der Waals surface area contributed by atoms with Crippen LogP contribution in [0.4, 0.5) is 8.78 Å². The van der Waals surface area contributed by atoms with Gasteiger partial charge in [-0.1, -0.05) is 74.9 Å². The molecule has 11 rings (SSSR count). The molecule has 6 aliphatic rings. The number of carbonyl (C=O) groups is 2. The van der Waals surface area contributed by atoms with Crippen LogP contribution in [0.1, 0.15) is 86.1 Å². The highest BCUT2D eigenvalue weighted by molar-refractivity contribution is 7.10. The van der Waals surface area contributed by atoms with Crippen LogP contribution in [0.15, 0.2) is 90.6 Å². The lowest BCUT2D eigenvalue weighted by Gasteiger charge is -2.55. The number of hydrogen-bond donors (Lipinski definition) is 3. The van der Waals surface area contributed by atoms with Gasteiger partial charge in [0.15, 0.2) is 6.29 Å². The molecule has 8 bridgehead atoms. The summed E-state index contributed by atoms with van der Waals surface area (Å²) in [6.07, 6.45) is -2.59. The second-order valence-electron chi connectivity index (χ2n) is 20.6. The van der Waals surface area contributed by atoms with E-state index < -0.39 is 60.7 Å². The van der Waals surface area contributed by atoms with Crippen molar-refractivity contribution in [2.75, 3.05) is 46.6 Å². The van der Waals surface area contributed by atoms with Crippen molar-refractivity contribution in [3.8, 4) is 34.4 Å². The lowest BCUT2D eigenvalue weighted by Crippen LogP contribution is -2.72. The van der Waals surface area contributed by atoms with Crippen LogP contribution in [0.5, 0.6) is 0 Å². The second kappa shape index (κ2) is 20.8. The summed E-state index contributed by atoms with van der Waals surface area (Å²) in [5.41, 5.74) is 11.5. The van der Waals surface area contributed by atoms with E-state index in [0.29, 0.717) is 61.5 Å². The molecule has 1 unspecified atom stereocenters. The molecule has 2 aromatic carbocycles. The van der Waals surface area contributed by atoms with E-state index >= 15 is 4.79 Å². The number of halogens is 2. The molecular weight excluding hydrogens is 953 g/mol. The molecule has 384 valence electrons. The van der Waals surface area contributed by atoms with Crippen molar-refractivity contribution in [1.82, 2.24) is 35.2 Å². The first kappa shape index (κ1) is 50.7. The zero-order valence-electron chi connectivity index (χ0n) is 41.9. The monoisotopic (exact) mass is 1020 g/mol. The van der Waals surface area contributed by atoms with Crippen molar-refractivity contribution < 1.29 is 42.4 Å². The highest BCUT2D eigenvalue weighted by Gasteiger charge is 2.54. The van der Waals surface area contributed by atoms with E-state index in [1.807, 2.05) is 48.7 Å². The molecule has 3 saturated heterocycles. The standard InChI is InChI=1S/C56H63F2N7O7S/c1-8-64-43-17-16-36-25-39(43)41(50(64)40-22-34(27-59-47(40)33(4)69-7)15-14-31(2)63-18-20-70-21-19-63)26-56(5,6)30-72-55(68)48-37-23-38(24-37)65(62-48)54(67)49(51(71-28-44(57)58)53-60-42(36)29-73-53)61-52(66)46-32(3)45(46)35-12-10-9-11-13-35/h9-13,16-17,22,25,27,29,33,37-38,44-46,48-49,51,55,62,68H,2-3,8,18-21,23-24,26,28,30H2,1,4-7H3,(H,61,66)/t33-,37?,38?,45-,46+,48-,49-,51-,55?/m0/s1. The number of methoxy groups -OCH3 is 1. The Hall–Kier alpha value is -5.84. The van der Waals surface area contributed by atoms with E-state index in [4.69, 9.17) is 28.9 Å². The highest BCUT2D eigenvalue weighted by Crippen LogP contribution is 2.53. The molecular formula is C56H63F2N7O7S. The van der Waals surface area contributed by atoms with Crippen LogP contribution >= 0.6 is 11.3 Å². The molecule has 14 nitrogen and oxygen atoms in total. The number of nitrogens with one attached hydrogen (secondary N) is 2. The van der Waals surface area contributed by atoms with Gasteiger partial charge >= 0.3 is 0 Å². The summed E-state index contributed by atoms with van der Waals surface area (Å²) < 4.78 is 54.7. The lowest BCUT2D eigenvalue weighted by atomic mass is 9.72. The zero-order valence-corrected chi connectivity index (χ0v) is 42.7. The number of nitrogens with zero attached hydrogens (tertiary/aromatic N) is 5. The van der Waals surface area contributed by atoms with Gasteiger partial charge in [-0.3, -0.25) is 19.6 Å². The van der Waals surface area contributed by atoms with Gasteiger partial charge in [-0.25, -0.2) is 19.2 Å². The third-order valence-electron chi connectivity index (χ3n) is 15.1. The largest absolute Gasteiger partial charge is 0.378 e. The Bertz CT molecular complexity index is 2970. The fourth-order valence-corrected chi connectivity index (χ4v) is 11.9. The van der Waals surface area contributed by atoms with Crippen LogP contribution in [-0.4, -0.2) is 119 Å². The molecule has 7 atom stereocenters. The number of morpholine rings is 1. The minimum absolute atomic E-state index is 0.0118. The number of hydrazine groups is 1. The van der Waals surface area contributed by atoms with Gasteiger partial charge in [0.25, 0.3) is 12.3 Å². The van der Waals surface area contributed by atoms with Crippen LogP contribution in [0.3, 0.4) is 0 Å². The predicted octanol–water partition coefficient (Wildman–Crippen LogP) is 7.94. The maximum absolute atomic E-state index is 15.1. The Balaban J connectivity index is 1.10. The second-order valence-corrected chi connectivity index (χ2v) is 21.5. The molecule has 73 heavy (non-hydrogen) atoms. The van der Waals surface area contributed by atoms with Gasteiger partial charge in [-0.05, 0) is 79.7 Å². The average molecular weight is 1020 g/mol. The van der Waals surface area contributed by atoms with Gasteiger partial charge < -0.3 is 38.8 Å². The Morgan fingerprint density at radius 2 is 1.90 bits per heavy atom. The number of carbonyl (C=O) groups excluding carboxylic acids is 2. The number of thiazole rings is 1. The molecule has 4 aliphatic heterocycles. The Morgan fingerprint density at radius 1 is 1.14 bits per heavy atom. The molecule has 2 aliphatic carbocycles. The molecule has 3 aromatic heterocycles. The number of alkyl halides is 2. The molecule has 2 saturated carbocycles. The molecule has 2 amide bonds. The van der Waals surface area contributed by atoms with Gasteiger partial charge in [0, 0.05) is 77.9 Å². The fraction of sp³-hybridized carbons (Fsp3) is 0.464. The Kier molecular flexibility index (Phi) is 14.5. The number of aliphatic hydroxyl groups is 1. The number of rotatable bonds is 11. The fourth-order valence-electron chi connectivity index (χ4n) is 11.0. The summed E-state index contributed by atoms with van der Waals surface area (Å²) in [5, 5.41) is 19.3. The van der Waals surface area contributed by atoms with E-state index in [1.54, 1.807) is 13.3 Å². The van der Waals surface area contributed by atoms with Crippen LogP contribution in [0.2, 0.25) is 0 Å². The smallest absolute Gasteiger partial charge is 0.262 e. The lowest BCUT2D eigenvalue weighted by molar-refractivity contribution is -0.201. The van der Waals surface area contributed by atoms with Gasteiger partial charge in [0.2, 0.25) is 5.91 Å². The minimum Gasteiger partial charge on any atom is -0.378 e. The average Bonchev–Trinajstić information content (AvgIpc) is 3.66. The highest BCUT2D eigenvalue weighted by atomic mass is 32.1. The van der Waals surface area contributed by atoms with Gasteiger partial charge in [-0.2, -0.15) is 0 Å². The number of allylic oxidation sites excluding steroid dienone is 1. The Labute approximate surface area is 428 Å². The molecule has 3 N–H and O–H groups in total. The van der Waals surface area contributed by atoms with E-state index in [1.165, 1.54) is 16.3 Å². The van der Waals surface area contributed by atoms with Crippen molar-refractivity contribution in [3.63, 3.8) is 0 Å². The van der Waals surface area contributed by atoms with Gasteiger partial charge in [0.1, 0.15) is 23.8 Å². The normalized spacial score (nSPS) is 26.2. The van der Waals surface area contributed by atoms with Crippen molar-refractivity contribution in [1.29, 1.82) is 0 Å². The molecule has 0 spiro atoms. The number of amides is 2. The summed E-state index contributed by atoms with van der Waals surface area (Å²) >= 11 is 1.17. The topological polar surface area (TPSA) is 153 Å². The van der Waals surface area contributed by atoms with Crippen LogP contribution in [0.25, 0.3) is 33.4 Å². The minimum atomic E-state index is -2.88. The summed E-state index contributed by atoms with van der Waals surface area (Å²) in [7, 11) is 1.66. The van der Waals surface area contributed by atoms with E-state index in [2.05, 4.69) is 84.2 Å². The summed E-state index contributed by atoms with van der Waals surface area (Å²) in [5.74, 6) is 4.60. The summed E-state index contributed by atoms with van der Waals surface area (Å²) in [6, 6.07) is 15.3. The first-order chi connectivity index (χ1) is 35.1.